The zero-order valence-electron chi connectivity index (χ0n) is 15.8. The van der Waals surface area contributed by atoms with Gasteiger partial charge in [0.1, 0.15) is 0 Å². The number of ether oxygens (including phenoxy) is 2. The maximum absolute atomic E-state index is 10.9. The fourth-order valence-corrected chi connectivity index (χ4v) is 3.00. The third-order valence-corrected chi connectivity index (χ3v) is 4.67. The summed E-state index contributed by atoms with van der Waals surface area (Å²) >= 11 is 0. The Bertz CT molecular complexity index is 380. The fraction of sp³-hybridized carbons (Fsp3) is 0.857. The zero-order valence-corrected chi connectivity index (χ0v) is 15.8. The molecule has 0 radical (unpaired) electrons. The molecule has 3 nitrogen and oxygen atoms in total. The van der Waals surface area contributed by atoms with Crippen molar-refractivity contribution in [1.82, 2.24) is 0 Å². The van der Waals surface area contributed by atoms with Crippen molar-refractivity contribution in [2.24, 2.45) is 0 Å². The highest BCUT2D eigenvalue weighted by molar-refractivity contribution is 5.68. The first-order chi connectivity index (χ1) is 11.8. The number of carbonyl (C=O) groups excluding carboxylic acids is 1. The Morgan fingerprint density at radius 3 is 2.04 bits per heavy atom. The van der Waals surface area contributed by atoms with E-state index in [0.717, 1.165) is 38.5 Å². The van der Waals surface area contributed by atoms with E-state index in [9.17, 15) is 4.79 Å². The molecule has 1 rings (SSSR count). The molecular weight excluding hydrogens is 300 g/mol. The van der Waals surface area contributed by atoms with Crippen LogP contribution < -0.4 is 0 Å². The van der Waals surface area contributed by atoms with Gasteiger partial charge in [0, 0.05) is 19.3 Å². The van der Waals surface area contributed by atoms with Gasteiger partial charge >= 0.3 is 5.97 Å². The molecule has 138 valence electrons. The Morgan fingerprint density at radius 1 is 0.875 bits per heavy atom. The number of hydrogen-bond acceptors (Lipinski definition) is 3. The Labute approximate surface area is 148 Å². The molecule has 0 aromatic carbocycles. The minimum Gasteiger partial charge on any atom is -0.469 e. The van der Waals surface area contributed by atoms with Crippen LogP contribution in [0.5, 0.6) is 0 Å². The van der Waals surface area contributed by atoms with Gasteiger partial charge in [0.2, 0.25) is 0 Å². The highest BCUT2D eigenvalue weighted by atomic mass is 16.6. The molecule has 0 saturated carbocycles. The monoisotopic (exact) mass is 336 g/mol. The maximum atomic E-state index is 10.9. The van der Waals surface area contributed by atoms with Crippen molar-refractivity contribution in [2.75, 3.05) is 7.11 Å². The molecule has 1 heterocycles. The third kappa shape index (κ3) is 11.5. The van der Waals surface area contributed by atoms with Gasteiger partial charge in [-0.25, -0.2) is 0 Å². The standard InChI is InChI=1S/C21H36O3/c1-3-19-20(24-19)17-15-13-11-9-7-5-4-6-8-10-12-14-16-18-21(22)23-2/h19-20H,3,5,7-18H2,1-2H3. The largest absolute Gasteiger partial charge is 0.469 e. The van der Waals surface area contributed by atoms with E-state index < -0.39 is 0 Å². The number of epoxide rings is 1. The molecule has 2 atom stereocenters. The van der Waals surface area contributed by atoms with Crippen LogP contribution in [0, 0.1) is 11.8 Å². The second-order valence-corrected chi connectivity index (χ2v) is 6.77. The van der Waals surface area contributed by atoms with E-state index in [4.69, 9.17) is 4.74 Å². The lowest BCUT2D eigenvalue weighted by atomic mass is 10.1. The first-order valence-corrected chi connectivity index (χ1v) is 9.96. The Kier molecular flexibility index (Phi) is 12.6. The molecule has 0 bridgehead atoms. The lowest BCUT2D eigenvalue weighted by Gasteiger charge is -1.99. The molecule has 24 heavy (non-hydrogen) atoms. The number of methoxy groups -OCH3 is 1. The van der Waals surface area contributed by atoms with Crippen LogP contribution in [-0.2, 0) is 14.3 Å². The second kappa shape index (κ2) is 14.3. The average molecular weight is 337 g/mol. The normalized spacial score (nSPS) is 18.8. The molecule has 3 heteroatoms. The summed E-state index contributed by atoms with van der Waals surface area (Å²) in [5.74, 6) is 6.47. The molecule has 2 unspecified atom stereocenters. The van der Waals surface area contributed by atoms with Gasteiger partial charge < -0.3 is 9.47 Å². The van der Waals surface area contributed by atoms with Crippen molar-refractivity contribution in [2.45, 2.75) is 109 Å². The van der Waals surface area contributed by atoms with Crippen molar-refractivity contribution in [3.63, 3.8) is 0 Å². The summed E-state index contributed by atoms with van der Waals surface area (Å²) in [4.78, 5) is 10.9. The molecule has 0 aliphatic carbocycles. The van der Waals surface area contributed by atoms with Gasteiger partial charge in [-0.3, -0.25) is 4.79 Å². The van der Waals surface area contributed by atoms with Gasteiger partial charge in [-0.1, -0.05) is 45.4 Å². The molecule has 0 N–H and O–H groups in total. The summed E-state index contributed by atoms with van der Waals surface area (Å²) in [5, 5.41) is 0. The van der Waals surface area contributed by atoms with Gasteiger partial charge in [-0.05, 0) is 32.1 Å². The van der Waals surface area contributed by atoms with Crippen LogP contribution in [0.25, 0.3) is 0 Å². The Morgan fingerprint density at radius 2 is 1.46 bits per heavy atom. The SMILES string of the molecule is CCC1OC1CCCCCCCC#CCCCCCCC(=O)OC. The predicted octanol–water partition coefficient (Wildman–Crippen LogP) is 5.41. The van der Waals surface area contributed by atoms with Crippen LogP contribution in [-0.4, -0.2) is 25.3 Å². The number of rotatable bonds is 14. The molecule has 1 aliphatic rings. The Balaban J connectivity index is 1.74. The molecule has 1 saturated heterocycles. The number of esters is 1. The molecule has 1 aliphatic heterocycles. The van der Waals surface area contributed by atoms with E-state index in [2.05, 4.69) is 23.5 Å². The summed E-state index contributed by atoms with van der Waals surface area (Å²) in [6, 6.07) is 0. The predicted molar refractivity (Wildman–Crippen MR) is 98.8 cm³/mol. The summed E-state index contributed by atoms with van der Waals surface area (Å²) in [5.41, 5.74) is 0. The minimum atomic E-state index is -0.0965. The van der Waals surface area contributed by atoms with Crippen molar-refractivity contribution in [1.29, 1.82) is 0 Å². The lowest BCUT2D eigenvalue weighted by molar-refractivity contribution is -0.140. The summed E-state index contributed by atoms with van der Waals surface area (Å²) < 4.78 is 10.2. The number of hydrogen-bond donors (Lipinski definition) is 0. The second-order valence-electron chi connectivity index (χ2n) is 6.77. The molecule has 1 fully saturated rings. The first-order valence-electron chi connectivity index (χ1n) is 9.96. The van der Waals surface area contributed by atoms with Crippen LogP contribution in [0.3, 0.4) is 0 Å². The summed E-state index contributed by atoms with van der Waals surface area (Å²) in [7, 11) is 1.45. The van der Waals surface area contributed by atoms with Crippen LogP contribution in [0.4, 0.5) is 0 Å². The van der Waals surface area contributed by atoms with E-state index in [1.807, 2.05) is 0 Å². The van der Waals surface area contributed by atoms with Crippen molar-refractivity contribution in [3.05, 3.63) is 0 Å². The van der Waals surface area contributed by atoms with Crippen LogP contribution in [0.1, 0.15) is 96.8 Å². The third-order valence-electron chi connectivity index (χ3n) is 4.67. The topological polar surface area (TPSA) is 38.8 Å². The molecule has 0 aromatic heterocycles. The quantitative estimate of drug-likeness (QED) is 0.184. The van der Waals surface area contributed by atoms with Gasteiger partial charge in [0.15, 0.2) is 0 Å². The van der Waals surface area contributed by atoms with Crippen molar-refractivity contribution in [3.8, 4) is 11.8 Å². The van der Waals surface area contributed by atoms with Crippen LogP contribution >= 0.6 is 0 Å². The van der Waals surface area contributed by atoms with Gasteiger partial charge in [0.25, 0.3) is 0 Å². The molecule has 0 amide bonds. The van der Waals surface area contributed by atoms with Gasteiger partial charge in [-0.15, -0.1) is 11.8 Å². The number of carbonyl (C=O) groups is 1. The van der Waals surface area contributed by atoms with Crippen molar-refractivity contribution >= 4 is 5.97 Å². The molecule has 0 aromatic rings. The van der Waals surface area contributed by atoms with Crippen molar-refractivity contribution < 1.29 is 14.3 Å². The molecule has 0 spiro atoms. The average Bonchev–Trinajstić information content (AvgIpc) is 3.36. The maximum Gasteiger partial charge on any atom is 0.305 e. The first kappa shape index (κ1) is 21.0. The summed E-state index contributed by atoms with van der Waals surface area (Å²) in [6.07, 6.45) is 17.1. The lowest BCUT2D eigenvalue weighted by Crippen LogP contribution is -1.98. The van der Waals surface area contributed by atoms with E-state index in [1.165, 1.54) is 52.1 Å². The van der Waals surface area contributed by atoms with E-state index in [1.54, 1.807) is 0 Å². The van der Waals surface area contributed by atoms with E-state index >= 15 is 0 Å². The number of unbranched alkanes of at least 4 members (excludes halogenated alkanes) is 9. The van der Waals surface area contributed by atoms with Gasteiger partial charge in [-0.2, -0.15) is 0 Å². The fourth-order valence-electron chi connectivity index (χ4n) is 3.00. The van der Waals surface area contributed by atoms with E-state index in [-0.39, 0.29) is 5.97 Å². The highest BCUT2D eigenvalue weighted by Crippen LogP contribution is 2.29. The Hall–Kier alpha value is -1.01. The minimum absolute atomic E-state index is 0.0965. The van der Waals surface area contributed by atoms with E-state index in [0.29, 0.717) is 18.6 Å². The van der Waals surface area contributed by atoms with Crippen LogP contribution in [0.15, 0.2) is 0 Å². The summed E-state index contributed by atoms with van der Waals surface area (Å²) in [6.45, 7) is 2.21. The van der Waals surface area contributed by atoms with Crippen LogP contribution in [0.2, 0.25) is 0 Å². The zero-order chi connectivity index (χ0) is 17.5. The smallest absolute Gasteiger partial charge is 0.305 e. The highest BCUT2D eigenvalue weighted by Gasteiger charge is 2.35. The van der Waals surface area contributed by atoms with Gasteiger partial charge in [0.05, 0.1) is 19.3 Å². The molecular formula is C21H36O3.